The molecule has 0 aliphatic carbocycles. The van der Waals surface area contributed by atoms with Gasteiger partial charge in [0, 0.05) is 11.1 Å². The summed E-state index contributed by atoms with van der Waals surface area (Å²) in [6.45, 7) is 2.06. The first-order valence-electron chi connectivity index (χ1n) is 6.90. The highest BCUT2D eigenvalue weighted by molar-refractivity contribution is 6.07. The third-order valence-electron chi connectivity index (χ3n) is 4.15. The Hall–Kier alpha value is -2.13. The van der Waals surface area contributed by atoms with Gasteiger partial charge in [0.2, 0.25) is 0 Å². The molecule has 1 amide bonds. The Morgan fingerprint density at radius 1 is 1.05 bits per heavy atom. The molecule has 3 atom stereocenters. The van der Waals surface area contributed by atoms with Crippen molar-refractivity contribution in [2.45, 2.75) is 25.2 Å². The summed E-state index contributed by atoms with van der Waals surface area (Å²) in [5.74, 6) is 0.0412. The fourth-order valence-electron chi connectivity index (χ4n) is 3.07. The van der Waals surface area contributed by atoms with Gasteiger partial charge in [-0.3, -0.25) is 4.79 Å². The number of fused-ring (bicyclic) bond motifs is 3. The van der Waals surface area contributed by atoms with Gasteiger partial charge in [-0.25, -0.2) is 0 Å². The van der Waals surface area contributed by atoms with Crippen LogP contribution in [0.25, 0.3) is 0 Å². The van der Waals surface area contributed by atoms with Crippen molar-refractivity contribution in [3.05, 3.63) is 65.7 Å². The maximum absolute atomic E-state index is 12.8. The van der Waals surface area contributed by atoms with Crippen molar-refractivity contribution in [1.29, 1.82) is 0 Å². The highest BCUT2D eigenvalue weighted by Gasteiger charge is 2.52. The molecule has 1 fully saturated rings. The zero-order valence-electron chi connectivity index (χ0n) is 11.2. The SMILES string of the molecule is C[C@H]1[C@@H]2O[C@@H]2c2ccccc2N1C(=O)c1ccccc1. The molecule has 20 heavy (non-hydrogen) atoms. The second kappa shape index (κ2) is 4.18. The number of hydrogen-bond acceptors (Lipinski definition) is 2. The number of carbonyl (C=O) groups excluding carboxylic acids is 1. The van der Waals surface area contributed by atoms with Gasteiger partial charge in [-0.1, -0.05) is 36.4 Å². The number of epoxide rings is 1. The summed E-state index contributed by atoms with van der Waals surface area (Å²) in [4.78, 5) is 14.7. The molecule has 2 aliphatic rings. The minimum atomic E-state index is 0.0412. The number of para-hydroxylation sites is 1. The van der Waals surface area contributed by atoms with Crippen molar-refractivity contribution >= 4 is 11.6 Å². The van der Waals surface area contributed by atoms with Crippen molar-refractivity contribution in [3.8, 4) is 0 Å². The molecule has 0 aromatic heterocycles. The highest BCUT2D eigenvalue weighted by atomic mass is 16.6. The molecule has 3 nitrogen and oxygen atoms in total. The van der Waals surface area contributed by atoms with Crippen LogP contribution in [0.15, 0.2) is 54.6 Å². The smallest absolute Gasteiger partial charge is 0.258 e. The van der Waals surface area contributed by atoms with E-state index in [1.54, 1.807) is 0 Å². The number of hydrogen-bond donors (Lipinski definition) is 0. The molecule has 0 bridgehead atoms. The summed E-state index contributed by atoms with van der Waals surface area (Å²) in [5.41, 5.74) is 2.82. The number of nitrogens with zero attached hydrogens (tertiary/aromatic N) is 1. The van der Waals surface area contributed by atoms with Crippen molar-refractivity contribution in [2.75, 3.05) is 4.90 Å². The van der Waals surface area contributed by atoms with Gasteiger partial charge < -0.3 is 9.64 Å². The topological polar surface area (TPSA) is 32.8 Å². The fourth-order valence-corrected chi connectivity index (χ4v) is 3.07. The first kappa shape index (κ1) is 11.7. The zero-order chi connectivity index (χ0) is 13.7. The highest BCUT2D eigenvalue weighted by Crippen LogP contribution is 2.51. The molecule has 2 aromatic carbocycles. The zero-order valence-corrected chi connectivity index (χ0v) is 11.2. The standard InChI is InChI=1S/C17H15NO2/c1-11-15-16(20-15)13-9-5-6-10-14(13)18(11)17(19)12-7-3-2-4-8-12/h2-11,15-16H,1H3/t11-,15-,16+/m0/s1. The molecule has 4 rings (SSSR count). The summed E-state index contributed by atoms with van der Waals surface area (Å²) in [7, 11) is 0. The van der Waals surface area contributed by atoms with E-state index in [0.717, 1.165) is 11.3 Å². The minimum absolute atomic E-state index is 0.0412. The summed E-state index contributed by atoms with van der Waals surface area (Å²) < 4.78 is 5.74. The molecule has 2 heterocycles. The second-order valence-electron chi connectivity index (χ2n) is 5.36. The van der Waals surface area contributed by atoms with Crippen LogP contribution < -0.4 is 4.90 Å². The molecule has 0 unspecified atom stereocenters. The molecule has 100 valence electrons. The Bertz CT molecular complexity index is 668. The van der Waals surface area contributed by atoms with Crippen LogP contribution in [0.4, 0.5) is 5.69 Å². The Morgan fingerprint density at radius 2 is 1.75 bits per heavy atom. The lowest BCUT2D eigenvalue weighted by atomic mass is 9.96. The van der Waals surface area contributed by atoms with E-state index in [2.05, 4.69) is 13.0 Å². The van der Waals surface area contributed by atoms with Gasteiger partial charge in [0.05, 0.1) is 11.7 Å². The fraction of sp³-hybridized carbons (Fsp3) is 0.235. The van der Waals surface area contributed by atoms with Crippen LogP contribution in [0, 0.1) is 0 Å². The van der Waals surface area contributed by atoms with Crippen LogP contribution in [0.1, 0.15) is 28.9 Å². The Labute approximate surface area is 117 Å². The van der Waals surface area contributed by atoms with Crippen LogP contribution in [-0.2, 0) is 4.74 Å². The summed E-state index contributed by atoms with van der Waals surface area (Å²) in [6.07, 6.45) is 0.304. The van der Waals surface area contributed by atoms with Gasteiger partial charge in [0.1, 0.15) is 12.2 Å². The maximum atomic E-state index is 12.8. The van der Waals surface area contributed by atoms with Gasteiger partial charge in [-0.05, 0) is 25.1 Å². The summed E-state index contributed by atoms with van der Waals surface area (Å²) >= 11 is 0. The van der Waals surface area contributed by atoms with Crippen LogP contribution in [0.2, 0.25) is 0 Å². The van der Waals surface area contributed by atoms with Crippen molar-refractivity contribution in [1.82, 2.24) is 0 Å². The van der Waals surface area contributed by atoms with E-state index in [-0.39, 0.29) is 24.2 Å². The first-order chi connectivity index (χ1) is 9.77. The minimum Gasteiger partial charge on any atom is -0.362 e. The summed E-state index contributed by atoms with van der Waals surface area (Å²) in [5, 5.41) is 0. The number of amides is 1. The number of carbonyl (C=O) groups is 1. The van der Waals surface area contributed by atoms with Crippen LogP contribution in [0.3, 0.4) is 0 Å². The molecular formula is C17H15NO2. The van der Waals surface area contributed by atoms with E-state index in [1.807, 2.05) is 53.4 Å². The average molecular weight is 265 g/mol. The average Bonchev–Trinajstić information content (AvgIpc) is 3.29. The van der Waals surface area contributed by atoms with Gasteiger partial charge >= 0.3 is 0 Å². The Morgan fingerprint density at radius 3 is 2.55 bits per heavy atom. The van der Waals surface area contributed by atoms with Crippen LogP contribution >= 0.6 is 0 Å². The van der Waals surface area contributed by atoms with E-state index in [4.69, 9.17) is 4.74 Å². The van der Waals surface area contributed by atoms with Gasteiger partial charge in [-0.15, -0.1) is 0 Å². The van der Waals surface area contributed by atoms with E-state index in [9.17, 15) is 4.79 Å². The lowest BCUT2D eigenvalue weighted by molar-refractivity contribution is 0.0973. The quantitative estimate of drug-likeness (QED) is 0.742. The van der Waals surface area contributed by atoms with E-state index in [1.165, 1.54) is 0 Å². The lowest BCUT2D eigenvalue weighted by Crippen LogP contribution is -2.44. The monoisotopic (exact) mass is 265 g/mol. The van der Waals surface area contributed by atoms with Crippen molar-refractivity contribution in [3.63, 3.8) is 0 Å². The molecule has 0 N–H and O–H groups in total. The van der Waals surface area contributed by atoms with Gasteiger partial charge in [0.15, 0.2) is 0 Å². The molecule has 0 saturated carbocycles. The number of benzene rings is 2. The normalized spacial score (nSPS) is 26.6. The van der Waals surface area contributed by atoms with Gasteiger partial charge in [-0.2, -0.15) is 0 Å². The number of anilines is 1. The van der Waals surface area contributed by atoms with E-state index >= 15 is 0 Å². The molecular weight excluding hydrogens is 250 g/mol. The second-order valence-corrected chi connectivity index (χ2v) is 5.36. The van der Waals surface area contributed by atoms with Crippen LogP contribution in [0.5, 0.6) is 0 Å². The number of ether oxygens (including phenoxy) is 1. The van der Waals surface area contributed by atoms with Crippen LogP contribution in [-0.4, -0.2) is 18.1 Å². The molecule has 0 radical (unpaired) electrons. The Kier molecular flexibility index (Phi) is 2.44. The van der Waals surface area contributed by atoms with Gasteiger partial charge in [0.25, 0.3) is 5.91 Å². The first-order valence-corrected chi connectivity index (χ1v) is 6.90. The summed E-state index contributed by atoms with van der Waals surface area (Å²) in [6, 6.07) is 17.5. The largest absolute Gasteiger partial charge is 0.362 e. The molecule has 2 aliphatic heterocycles. The van der Waals surface area contributed by atoms with Crippen molar-refractivity contribution in [2.24, 2.45) is 0 Å². The molecule has 3 heteroatoms. The predicted molar refractivity (Wildman–Crippen MR) is 76.8 cm³/mol. The third-order valence-corrected chi connectivity index (χ3v) is 4.15. The third kappa shape index (κ3) is 1.60. The molecule has 2 aromatic rings. The maximum Gasteiger partial charge on any atom is 0.258 e. The lowest BCUT2D eigenvalue weighted by Gasteiger charge is -2.33. The molecule has 0 spiro atoms. The molecule has 1 saturated heterocycles. The Balaban J connectivity index is 1.80. The predicted octanol–water partition coefficient (Wildman–Crippen LogP) is 3.18. The van der Waals surface area contributed by atoms with Crippen molar-refractivity contribution < 1.29 is 9.53 Å². The number of rotatable bonds is 1. The van der Waals surface area contributed by atoms with E-state index in [0.29, 0.717) is 5.56 Å². The van der Waals surface area contributed by atoms with E-state index < -0.39 is 0 Å².